The number of hydrogen-bond donors (Lipinski definition) is 2. The monoisotopic (exact) mass is 276 g/mol. The number of benzene rings is 1. The molecule has 0 saturated carbocycles. The van der Waals surface area contributed by atoms with Gasteiger partial charge in [0.25, 0.3) is 5.91 Å². The first kappa shape index (κ1) is 11.1. The molecule has 2 heterocycles. The van der Waals surface area contributed by atoms with E-state index in [1.165, 1.54) is 28.9 Å². The summed E-state index contributed by atoms with van der Waals surface area (Å²) in [6, 6.07) is 5.47. The smallest absolute Gasteiger partial charge is 0.269 e. The molecule has 0 bridgehead atoms. The molecule has 2 aromatic heterocycles. The van der Waals surface area contributed by atoms with E-state index in [4.69, 9.17) is 5.73 Å². The minimum atomic E-state index is -0.190. The van der Waals surface area contributed by atoms with Crippen LogP contribution < -0.4 is 11.1 Å². The standard InChI is InChI=1S/C11H8N4OS2/c12-6-1-2-7-8(3-6)18-11(14-7)15-10(16)9-4-13-5-17-9/h1-5H,12H2,(H,14,15,16). The molecule has 0 fully saturated rings. The number of thiazole rings is 2. The number of anilines is 2. The Morgan fingerprint density at radius 2 is 2.28 bits per heavy atom. The van der Waals surface area contributed by atoms with Crippen LogP contribution in [0.25, 0.3) is 10.2 Å². The van der Waals surface area contributed by atoms with Crippen molar-refractivity contribution in [2.45, 2.75) is 0 Å². The fourth-order valence-electron chi connectivity index (χ4n) is 1.48. The molecule has 3 N–H and O–H groups in total. The maximum Gasteiger partial charge on any atom is 0.269 e. The maximum atomic E-state index is 11.8. The summed E-state index contributed by atoms with van der Waals surface area (Å²) in [5.74, 6) is -0.190. The Kier molecular flexibility index (Phi) is 2.69. The van der Waals surface area contributed by atoms with Crippen LogP contribution in [-0.4, -0.2) is 15.9 Å². The van der Waals surface area contributed by atoms with E-state index >= 15 is 0 Å². The molecule has 7 heteroatoms. The molecule has 0 radical (unpaired) electrons. The number of aromatic nitrogens is 2. The molecule has 0 spiro atoms. The van der Waals surface area contributed by atoms with Crippen molar-refractivity contribution in [2.24, 2.45) is 0 Å². The van der Waals surface area contributed by atoms with Crippen molar-refractivity contribution in [3.8, 4) is 0 Å². The lowest BCUT2D eigenvalue weighted by atomic mass is 10.3. The zero-order valence-corrected chi connectivity index (χ0v) is 10.7. The van der Waals surface area contributed by atoms with Gasteiger partial charge in [0.05, 0.1) is 21.9 Å². The highest BCUT2D eigenvalue weighted by molar-refractivity contribution is 7.22. The van der Waals surface area contributed by atoms with Crippen molar-refractivity contribution in [1.29, 1.82) is 0 Å². The SMILES string of the molecule is Nc1ccc2nc(NC(=O)c3cncs3)sc2c1. The van der Waals surface area contributed by atoms with Gasteiger partial charge >= 0.3 is 0 Å². The number of nitrogen functional groups attached to an aromatic ring is 1. The Hall–Kier alpha value is -1.99. The van der Waals surface area contributed by atoms with Gasteiger partial charge in [0.1, 0.15) is 4.88 Å². The molecule has 3 aromatic rings. The first-order valence-electron chi connectivity index (χ1n) is 5.08. The van der Waals surface area contributed by atoms with Crippen LogP contribution in [0.1, 0.15) is 9.67 Å². The highest BCUT2D eigenvalue weighted by atomic mass is 32.1. The lowest BCUT2D eigenvalue weighted by Gasteiger charge is -1.96. The van der Waals surface area contributed by atoms with Crippen LogP contribution in [0.4, 0.5) is 10.8 Å². The summed E-state index contributed by atoms with van der Waals surface area (Å²) in [6.07, 6.45) is 1.53. The van der Waals surface area contributed by atoms with Gasteiger partial charge in [-0.15, -0.1) is 11.3 Å². The van der Waals surface area contributed by atoms with Crippen LogP contribution in [0, 0.1) is 0 Å². The number of nitrogens with one attached hydrogen (secondary N) is 1. The average molecular weight is 276 g/mol. The molecular weight excluding hydrogens is 268 g/mol. The van der Waals surface area contributed by atoms with E-state index in [1.807, 2.05) is 12.1 Å². The molecule has 0 unspecified atom stereocenters. The predicted molar refractivity (Wildman–Crippen MR) is 74.1 cm³/mol. The minimum Gasteiger partial charge on any atom is -0.399 e. The molecule has 0 aliphatic heterocycles. The lowest BCUT2D eigenvalue weighted by molar-refractivity contribution is 0.103. The van der Waals surface area contributed by atoms with Gasteiger partial charge in [0, 0.05) is 5.69 Å². The first-order valence-corrected chi connectivity index (χ1v) is 6.78. The number of carbonyl (C=O) groups is 1. The van der Waals surface area contributed by atoms with Crippen molar-refractivity contribution >= 4 is 49.6 Å². The third kappa shape index (κ3) is 2.05. The summed E-state index contributed by atoms with van der Waals surface area (Å²) in [7, 11) is 0. The third-order valence-electron chi connectivity index (χ3n) is 2.29. The number of amides is 1. The summed E-state index contributed by atoms with van der Waals surface area (Å²) in [6.45, 7) is 0. The van der Waals surface area contributed by atoms with Gasteiger partial charge in [0.15, 0.2) is 5.13 Å². The second kappa shape index (κ2) is 4.35. The van der Waals surface area contributed by atoms with Crippen molar-refractivity contribution in [3.63, 3.8) is 0 Å². The molecule has 90 valence electrons. The predicted octanol–water partition coefficient (Wildman–Crippen LogP) is 2.59. The number of carbonyl (C=O) groups excluding carboxylic acids is 1. The van der Waals surface area contributed by atoms with E-state index in [0.717, 1.165) is 10.2 Å². The quantitative estimate of drug-likeness (QED) is 0.705. The van der Waals surface area contributed by atoms with Gasteiger partial charge in [-0.3, -0.25) is 15.1 Å². The molecule has 0 aliphatic rings. The van der Waals surface area contributed by atoms with Crippen LogP contribution in [0.3, 0.4) is 0 Å². The number of fused-ring (bicyclic) bond motifs is 1. The molecule has 1 amide bonds. The number of hydrogen-bond acceptors (Lipinski definition) is 6. The number of nitrogens with zero attached hydrogens (tertiary/aromatic N) is 2. The number of nitrogens with two attached hydrogens (primary N) is 1. The summed E-state index contributed by atoms with van der Waals surface area (Å²) < 4.78 is 0.953. The van der Waals surface area contributed by atoms with Crippen LogP contribution in [0.2, 0.25) is 0 Å². The maximum absolute atomic E-state index is 11.8. The lowest BCUT2D eigenvalue weighted by Crippen LogP contribution is -2.09. The molecule has 5 nitrogen and oxygen atoms in total. The third-order valence-corrected chi connectivity index (χ3v) is 3.99. The van der Waals surface area contributed by atoms with Crippen molar-refractivity contribution in [1.82, 2.24) is 9.97 Å². The van der Waals surface area contributed by atoms with Crippen molar-refractivity contribution in [3.05, 3.63) is 34.8 Å². The highest BCUT2D eigenvalue weighted by Gasteiger charge is 2.11. The van der Waals surface area contributed by atoms with Crippen LogP contribution in [0.15, 0.2) is 29.9 Å². The van der Waals surface area contributed by atoms with Crippen molar-refractivity contribution in [2.75, 3.05) is 11.1 Å². The second-order valence-electron chi connectivity index (χ2n) is 3.57. The minimum absolute atomic E-state index is 0.190. The number of rotatable bonds is 2. The first-order chi connectivity index (χ1) is 8.72. The van der Waals surface area contributed by atoms with E-state index in [-0.39, 0.29) is 5.91 Å². The van der Waals surface area contributed by atoms with Gasteiger partial charge in [0.2, 0.25) is 0 Å². The summed E-state index contributed by atoms with van der Waals surface area (Å²) in [5.41, 5.74) is 8.83. The summed E-state index contributed by atoms with van der Waals surface area (Å²) in [5, 5.41) is 3.32. The van der Waals surface area contributed by atoms with Gasteiger partial charge in [-0.05, 0) is 18.2 Å². The van der Waals surface area contributed by atoms with Crippen LogP contribution >= 0.6 is 22.7 Å². The normalized spacial score (nSPS) is 10.7. The topological polar surface area (TPSA) is 80.9 Å². The van der Waals surface area contributed by atoms with E-state index in [9.17, 15) is 4.79 Å². The zero-order chi connectivity index (χ0) is 12.5. The fourth-order valence-corrected chi connectivity index (χ4v) is 2.91. The Morgan fingerprint density at radius 3 is 3.06 bits per heavy atom. The van der Waals surface area contributed by atoms with Gasteiger partial charge in [-0.1, -0.05) is 11.3 Å². The fraction of sp³-hybridized carbons (Fsp3) is 0. The van der Waals surface area contributed by atoms with Crippen LogP contribution in [0.5, 0.6) is 0 Å². The van der Waals surface area contributed by atoms with E-state index in [1.54, 1.807) is 11.6 Å². The summed E-state index contributed by atoms with van der Waals surface area (Å²) in [4.78, 5) is 20.6. The summed E-state index contributed by atoms with van der Waals surface area (Å²) >= 11 is 2.69. The molecule has 1 aromatic carbocycles. The second-order valence-corrected chi connectivity index (χ2v) is 5.48. The van der Waals surface area contributed by atoms with Gasteiger partial charge in [-0.2, -0.15) is 0 Å². The Balaban J connectivity index is 1.89. The van der Waals surface area contributed by atoms with Crippen molar-refractivity contribution < 1.29 is 4.79 Å². The molecule has 3 rings (SSSR count). The van der Waals surface area contributed by atoms with Crippen LogP contribution in [-0.2, 0) is 0 Å². The molecular formula is C11H8N4OS2. The molecule has 18 heavy (non-hydrogen) atoms. The molecule has 0 atom stereocenters. The average Bonchev–Trinajstić information content (AvgIpc) is 2.95. The Labute approximate surface area is 110 Å². The van der Waals surface area contributed by atoms with E-state index in [0.29, 0.717) is 15.7 Å². The van der Waals surface area contributed by atoms with E-state index < -0.39 is 0 Å². The van der Waals surface area contributed by atoms with Gasteiger partial charge < -0.3 is 5.73 Å². The highest BCUT2D eigenvalue weighted by Crippen LogP contribution is 2.27. The molecule has 0 saturated heterocycles. The molecule has 0 aliphatic carbocycles. The Morgan fingerprint density at radius 1 is 1.39 bits per heavy atom. The van der Waals surface area contributed by atoms with E-state index in [2.05, 4.69) is 15.3 Å². The van der Waals surface area contributed by atoms with Gasteiger partial charge in [-0.25, -0.2) is 4.98 Å². The zero-order valence-electron chi connectivity index (χ0n) is 9.08. The largest absolute Gasteiger partial charge is 0.399 e. The Bertz CT molecular complexity index is 705.